The van der Waals surface area contributed by atoms with Crippen LogP contribution < -0.4 is 10.6 Å². The number of aromatic nitrogens is 2. The summed E-state index contributed by atoms with van der Waals surface area (Å²) in [7, 11) is 1.84. The fraction of sp³-hybridized carbons (Fsp3) is 0.667. The van der Waals surface area contributed by atoms with E-state index in [-0.39, 0.29) is 5.91 Å². The molecule has 1 amide bonds. The molecule has 0 aliphatic carbocycles. The molecule has 5 nitrogen and oxygen atoms in total. The Labute approximate surface area is 102 Å². The third-order valence-electron chi connectivity index (χ3n) is 3.29. The molecule has 1 aromatic rings. The van der Waals surface area contributed by atoms with Crippen molar-refractivity contribution >= 4 is 5.91 Å². The minimum absolute atomic E-state index is 0.0771. The first kappa shape index (κ1) is 12.1. The summed E-state index contributed by atoms with van der Waals surface area (Å²) >= 11 is 0. The fourth-order valence-electron chi connectivity index (χ4n) is 2.13. The van der Waals surface area contributed by atoms with E-state index in [9.17, 15) is 4.79 Å². The van der Waals surface area contributed by atoms with Gasteiger partial charge in [0.2, 0.25) is 0 Å². The van der Waals surface area contributed by atoms with Gasteiger partial charge in [0.15, 0.2) is 0 Å². The van der Waals surface area contributed by atoms with Crippen LogP contribution in [-0.4, -0.2) is 34.8 Å². The zero-order valence-electron chi connectivity index (χ0n) is 10.5. The molecule has 0 bridgehead atoms. The molecular formula is C12H20N4O. The maximum atomic E-state index is 11.8. The Kier molecular flexibility index (Phi) is 3.78. The number of nitrogens with one attached hydrogen (secondary N) is 2. The number of nitrogens with zero attached hydrogens (tertiary/aromatic N) is 2. The van der Waals surface area contributed by atoms with Crippen LogP contribution in [0.2, 0.25) is 0 Å². The van der Waals surface area contributed by atoms with Crippen LogP contribution in [-0.2, 0) is 7.05 Å². The summed E-state index contributed by atoms with van der Waals surface area (Å²) in [6.45, 7) is 3.76. The second-order valence-corrected chi connectivity index (χ2v) is 4.63. The summed E-state index contributed by atoms with van der Waals surface area (Å²) in [6, 6.07) is 2.38. The van der Waals surface area contributed by atoms with E-state index in [1.165, 1.54) is 12.8 Å². The van der Waals surface area contributed by atoms with E-state index in [1.807, 2.05) is 20.0 Å². The van der Waals surface area contributed by atoms with Crippen LogP contribution in [0.25, 0.3) is 0 Å². The molecule has 0 radical (unpaired) electrons. The van der Waals surface area contributed by atoms with Gasteiger partial charge in [-0.05, 0) is 38.8 Å². The van der Waals surface area contributed by atoms with Crippen molar-refractivity contribution in [3.05, 3.63) is 17.5 Å². The second-order valence-electron chi connectivity index (χ2n) is 4.63. The van der Waals surface area contributed by atoms with Gasteiger partial charge in [0.25, 0.3) is 5.91 Å². The van der Waals surface area contributed by atoms with Gasteiger partial charge in [-0.25, -0.2) is 0 Å². The molecule has 2 N–H and O–H groups in total. The summed E-state index contributed by atoms with van der Waals surface area (Å²) in [5.74, 6) is -0.0771. The number of carbonyl (C=O) groups is 1. The molecule has 17 heavy (non-hydrogen) atoms. The van der Waals surface area contributed by atoms with E-state index in [2.05, 4.69) is 15.7 Å². The number of hydrogen-bond donors (Lipinski definition) is 2. The van der Waals surface area contributed by atoms with E-state index in [1.54, 1.807) is 4.68 Å². The molecule has 0 unspecified atom stereocenters. The summed E-state index contributed by atoms with van der Waals surface area (Å²) in [5.41, 5.74) is 1.50. The third kappa shape index (κ3) is 3.06. The largest absolute Gasteiger partial charge is 0.351 e. The van der Waals surface area contributed by atoms with E-state index in [4.69, 9.17) is 0 Å². The molecule has 94 valence electrons. The molecule has 0 spiro atoms. The standard InChI is InChI=1S/C12H20N4O/c1-9-8-11(15-16(9)2)12(17)14-7-5-10-4-3-6-13-10/h8,10,13H,3-7H2,1-2H3,(H,14,17)/t10-/m1/s1. The maximum Gasteiger partial charge on any atom is 0.271 e. The van der Waals surface area contributed by atoms with E-state index >= 15 is 0 Å². The highest BCUT2D eigenvalue weighted by atomic mass is 16.1. The van der Waals surface area contributed by atoms with Crippen molar-refractivity contribution < 1.29 is 4.79 Å². The molecule has 5 heteroatoms. The van der Waals surface area contributed by atoms with Crippen molar-refractivity contribution in [1.82, 2.24) is 20.4 Å². The summed E-state index contributed by atoms with van der Waals surface area (Å²) in [4.78, 5) is 11.8. The molecule has 2 rings (SSSR count). The van der Waals surface area contributed by atoms with Gasteiger partial charge in [0, 0.05) is 25.3 Å². The topological polar surface area (TPSA) is 59.0 Å². The van der Waals surface area contributed by atoms with Crippen molar-refractivity contribution in [2.75, 3.05) is 13.1 Å². The second kappa shape index (κ2) is 5.31. The SMILES string of the molecule is Cc1cc(C(=O)NCC[C@H]2CCCN2)nn1C. The number of hydrogen-bond acceptors (Lipinski definition) is 3. The maximum absolute atomic E-state index is 11.8. The Morgan fingerprint density at radius 3 is 3.12 bits per heavy atom. The van der Waals surface area contributed by atoms with Gasteiger partial charge in [-0.15, -0.1) is 0 Å². The lowest BCUT2D eigenvalue weighted by Gasteiger charge is -2.09. The Hall–Kier alpha value is -1.36. The minimum Gasteiger partial charge on any atom is -0.351 e. The molecule has 1 aromatic heterocycles. The van der Waals surface area contributed by atoms with Gasteiger partial charge in [-0.3, -0.25) is 9.48 Å². The van der Waals surface area contributed by atoms with Gasteiger partial charge >= 0.3 is 0 Å². The third-order valence-corrected chi connectivity index (χ3v) is 3.29. The van der Waals surface area contributed by atoms with Crippen LogP contribution in [0.1, 0.15) is 35.4 Å². The first-order chi connectivity index (χ1) is 8.16. The smallest absolute Gasteiger partial charge is 0.271 e. The van der Waals surface area contributed by atoms with Crippen LogP contribution in [0.5, 0.6) is 0 Å². The number of rotatable bonds is 4. The molecule has 1 aliphatic heterocycles. The molecule has 0 saturated carbocycles. The Morgan fingerprint density at radius 1 is 1.71 bits per heavy atom. The molecule has 1 saturated heterocycles. The molecule has 1 aliphatic rings. The highest BCUT2D eigenvalue weighted by Crippen LogP contribution is 2.07. The van der Waals surface area contributed by atoms with Gasteiger partial charge in [0.05, 0.1) is 0 Å². The van der Waals surface area contributed by atoms with Crippen LogP contribution in [0.15, 0.2) is 6.07 Å². The quantitative estimate of drug-likeness (QED) is 0.805. The first-order valence-corrected chi connectivity index (χ1v) is 6.19. The van der Waals surface area contributed by atoms with Crippen LogP contribution in [0.3, 0.4) is 0 Å². The molecule has 2 heterocycles. The Morgan fingerprint density at radius 2 is 2.53 bits per heavy atom. The van der Waals surface area contributed by atoms with Gasteiger partial charge in [-0.2, -0.15) is 5.10 Å². The van der Waals surface area contributed by atoms with Gasteiger partial charge in [0.1, 0.15) is 5.69 Å². The molecule has 0 aromatic carbocycles. The van der Waals surface area contributed by atoms with E-state index < -0.39 is 0 Å². The fourth-order valence-corrected chi connectivity index (χ4v) is 2.13. The lowest BCUT2D eigenvalue weighted by molar-refractivity contribution is 0.0946. The average molecular weight is 236 g/mol. The summed E-state index contributed by atoms with van der Waals surface area (Å²) in [6.07, 6.45) is 3.47. The molecule has 1 fully saturated rings. The van der Waals surface area contributed by atoms with Crippen molar-refractivity contribution in [2.24, 2.45) is 7.05 Å². The highest BCUT2D eigenvalue weighted by Gasteiger charge is 2.15. The van der Waals surface area contributed by atoms with Crippen molar-refractivity contribution in [2.45, 2.75) is 32.2 Å². The van der Waals surface area contributed by atoms with Crippen LogP contribution in [0.4, 0.5) is 0 Å². The monoisotopic (exact) mass is 236 g/mol. The lowest BCUT2D eigenvalue weighted by Crippen LogP contribution is -2.30. The number of amides is 1. The van der Waals surface area contributed by atoms with E-state index in [0.717, 1.165) is 18.7 Å². The molecule has 1 atom stereocenters. The predicted octanol–water partition coefficient (Wildman–Crippen LogP) is 0.600. The average Bonchev–Trinajstić information content (AvgIpc) is 2.90. The predicted molar refractivity (Wildman–Crippen MR) is 65.9 cm³/mol. The van der Waals surface area contributed by atoms with Crippen molar-refractivity contribution in [3.63, 3.8) is 0 Å². The van der Waals surface area contributed by atoms with E-state index in [0.29, 0.717) is 18.3 Å². The summed E-state index contributed by atoms with van der Waals surface area (Å²) in [5, 5.41) is 10.5. The number of aryl methyl sites for hydroxylation is 2. The summed E-state index contributed by atoms with van der Waals surface area (Å²) < 4.78 is 1.72. The Balaban J connectivity index is 1.76. The molecular weight excluding hydrogens is 216 g/mol. The number of carbonyl (C=O) groups excluding carboxylic acids is 1. The van der Waals surface area contributed by atoms with Crippen LogP contribution >= 0.6 is 0 Å². The van der Waals surface area contributed by atoms with Crippen LogP contribution in [0, 0.1) is 6.92 Å². The Bertz CT molecular complexity index is 374. The van der Waals surface area contributed by atoms with Crippen molar-refractivity contribution in [3.8, 4) is 0 Å². The zero-order valence-corrected chi connectivity index (χ0v) is 10.5. The van der Waals surface area contributed by atoms with Crippen molar-refractivity contribution in [1.29, 1.82) is 0 Å². The first-order valence-electron chi connectivity index (χ1n) is 6.19. The zero-order chi connectivity index (χ0) is 12.3. The van der Waals surface area contributed by atoms with Gasteiger partial charge < -0.3 is 10.6 Å². The van der Waals surface area contributed by atoms with Gasteiger partial charge in [-0.1, -0.05) is 0 Å². The normalized spacial score (nSPS) is 19.5. The minimum atomic E-state index is -0.0771. The highest BCUT2D eigenvalue weighted by molar-refractivity contribution is 5.92. The lowest BCUT2D eigenvalue weighted by atomic mass is 10.1.